The van der Waals surface area contributed by atoms with Crippen LogP contribution in [-0.4, -0.2) is 52.8 Å². The predicted octanol–water partition coefficient (Wildman–Crippen LogP) is 3.97. The highest BCUT2D eigenvalue weighted by atomic mass is 16.5. The molecule has 1 aromatic heterocycles. The van der Waals surface area contributed by atoms with Crippen LogP contribution in [0.3, 0.4) is 0 Å². The van der Waals surface area contributed by atoms with Gasteiger partial charge >= 0.3 is 0 Å². The van der Waals surface area contributed by atoms with E-state index < -0.39 is 0 Å². The molecular formula is C24H31N5O. The van der Waals surface area contributed by atoms with Gasteiger partial charge < -0.3 is 10.1 Å². The fourth-order valence-corrected chi connectivity index (χ4v) is 5.69. The van der Waals surface area contributed by atoms with Crippen molar-refractivity contribution >= 4 is 16.7 Å². The fraction of sp³-hybridized carbons (Fsp3) is 0.625. The molecule has 6 heteroatoms. The molecule has 1 aliphatic heterocycles. The van der Waals surface area contributed by atoms with E-state index in [-0.39, 0.29) is 0 Å². The van der Waals surface area contributed by atoms with Gasteiger partial charge in [-0.05, 0) is 75.5 Å². The van der Waals surface area contributed by atoms with Crippen molar-refractivity contribution in [2.24, 2.45) is 11.3 Å². The van der Waals surface area contributed by atoms with Gasteiger partial charge in [0.15, 0.2) is 0 Å². The first-order valence-electron chi connectivity index (χ1n) is 11.4. The maximum absolute atomic E-state index is 9.20. The third kappa shape index (κ3) is 3.55. The summed E-state index contributed by atoms with van der Waals surface area (Å²) in [7, 11) is 0. The van der Waals surface area contributed by atoms with E-state index in [1.165, 1.54) is 32.1 Å². The second-order valence-corrected chi connectivity index (χ2v) is 9.53. The molecule has 5 rings (SSSR count). The number of benzene rings is 1. The van der Waals surface area contributed by atoms with Crippen molar-refractivity contribution in [1.29, 1.82) is 5.26 Å². The molecule has 0 amide bonds. The molecule has 6 nitrogen and oxygen atoms in total. The number of anilines is 1. The summed E-state index contributed by atoms with van der Waals surface area (Å²) in [6, 6.07) is 9.09. The minimum absolute atomic E-state index is 0.348. The SMILES string of the molecule is CC1OCCN([C@H]2CC23CCC(CNc2ncnc4ccc(C#N)cc24)CC3)C1C. The minimum Gasteiger partial charge on any atom is -0.376 e. The van der Waals surface area contributed by atoms with Gasteiger partial charge in [0.25, 0.3) is 0 Å². The molecule has 3 aliphatic rings. The van der Waals surface area contributed by atoms with Gasteiger partial charge in [0.2, 0.25) is 0 Å². The van der Waals surface area contributed by atoms with Gasteiger partial charge in [0, 0.05) is 30.6 Å². The Hall–Kier alpha value is -2.23. The molecule has 2 aromatic rings. The van der Waals surface area contributed by atoms with Crippen LogP contribution in [0, 0.1) is 22.7 Å². The molecule has 0 radical (unpaired) electrons. The van der Waals surface area contributed by atoms with E-state index >= 15 is 0 Å². The number of rotatable bonds is 4. The van der Waals surface area contributed by atoms with Crippen LogP contribution >= 0.6 is 0 Å². The van der Waals surface area contributed by atoms with Gasteiger partial charge in [-0.25, -0.2) is 9.97 Å². The molecule has 1 N–H and O–H groups in total. The lowest BCUT2D eigenvalue weighted by Crippen LogP contribution is -2.50. The molecule has 1 spiro atoms. The van der Waals surface area contributed by atoms with Crippen LogP contribution in [-0.2, 0) is 4.74 Å². The Morgan fingerprint density at radius 2 is 2.10 bits per heavy atom. The van der Waals surface area contributed by atoms with Crippen LogP contribution in [0.25, 0.3) is 10.9 Å². The lowest BCUT2D eigenvalue weighted by molar-refractivity contribution is -0.0645. The average molecular weight is 406 g/mol. The molecule has 30 heavy (non-hydrogen) atoms. The molecule has 2 aliphatic carbocycles. The molecule has 3 atom stereocenters. The Morgan fingerprint density at radius 3 is 2.90 bits per heavy atom. The lowest BCUT2D eigenvalue weighted by Gasteiger charge is -2.40. The van der Waals surface area contributed by atoms with Gasteiger partial charge in [-0.1, -0.05) is 0 Å². The van der Waals surface area contributed by atoms with Gasteiger partial charge in [-0.3, -0.25) is 4.90 Å². The Balaban J connectivity index is 1.18. The number of fused-ring (bicyclic) bond motifs is 1. The number of nitrogens with zero attached hydrogens (tertiary/aromatic N) is 4. The number of hydrogen-bond donors (Lipinski definition) is 1. The summed E-state index contributed by atoms with van der Waals surface area (Å²) in [5, 5.41) is 13.7. The fourth-order valence-electron chi connectivity index (χ4n) is 5.69. The minimum atomic E-state index is 0.348. The number of aromatic nitrogens is 2. The number of nitrogens with one attached hydrogen (secondary N) is 1. The van der Waals surface area contributed by atoms with E-state index in [9.17, 15) is 5.26 Å². The van der Waals surface area contributed by atoms with Gasteiger partial charge in [-0.2, -0.15) is 5.26 Å². The molecule has 2 heterocycles. The Labute approximate surface area is 178 Å². The first kappa shape index (κ1) is 19.7. The molecular weight excluding hydrogens is 374 g/mol. The second-order valence-electron chi connectivity index (χ2n) is 9.53. The molecule has 3 fully saturated rings. The third-order valence-corrected chi connectivity index (χ3v) is 7.90. The van der Waals surface area contributed by atoms with E-state index in [0.29, 0.717) is 29.0 Å². The molecule has 158 valence electrons. The van der Waals surface area contributed by atoms with Crippen molar-refractivity contribution in [3.05, 3.63) is 30.1 Å². The lowest BCUT2D eigenvalue weighted by atomic mass is 9.79. The van der Waals surface area contributed by atoms with Crippen molar-refractivity contribution < 1.29 is 4.74 Å². The number of hydrogen-bond acceptors (Lipinski definition) is 6. The summed E-state index contributed by atoms with van der Waals surface area (Å²) in [5.74, 6) is 1.53. The highest BCUT2D eigenvalue weighted by Gasteiger charge is 2.58. The van der Waals surface area contributed by atoms with Crippen LogP contribution < -0.4 is 5.32 Å². The predicted molar refractivity (Wildman–Crippen MR) is 117 cm³/mol. The molecule has 2 saturated carbocycles. The average Bonchev–Trinajstić information content (AvgIpc) is 3.47. The highest BCUT2D eigenvalue weighted by Crippen LogP contribution is 2.60. The largest absolute Gasteiger partial charge is 0.376 e. The van der Waals surface area contributed by atoms with Crippen LogP contribution in [0.2, 0.25) is 0 Å². The van der Waals surface area contributed by atoms with Crippen LogP contribution in [0.5, 0.6) is 0 Å². The number of morpholine rings is 1. The Kier molecular flexibility index (Phi) is 5.12. The van der Waals surface area contributed by atoms with Crippen molar-refractivity contribution in [2.45, 2.75) is 64.1 Å². The van der Waals surface area contributed by atoms with Crippen LogP contribution in [0.15, 0.2) is 24.5 Å². The van der Waals surface area contributed by atoms with E-state index in [0.717, 1.165) is 42.5 Å². The number of nitriles is 1. The monoisotopic (exact) mass is 405 g/mol. The molecule has 1 saturated heterocycles. The Morgan fingerprint density at radius 1 is 1.27 bits per heavy atom. The summed E-state index contributed by atoms with van der Waals surface area (Å²) in [6.45, 7) is 7.45. The summed E-state index contributed by atoms with van der Waals surface area (Å²) in [4.78, 5) is 11.5. The standard InChI is InChI=1S/C24H31N5O/c1-16-17(2)30-10-9-29(16)22-12-24(22)7-5-18(6-8-24)14-26-23-20-11-19(13-25)3-4-21(20)27-15-28-23/h3-4,11,15-18,22H,5-10,12,14H2,1-2H3,(H,26,27,28)/t16?,17?,18?,22-,24?/m0/s1. The first-order chi connectivity index (χ1) is 14.6. The van der Waals surface area contributed by atoms with Gasteiger partial charge in [0.1, 0.15) is 12.1 Å². The quantitative estimate of drug-likeness (QED) is 0.830. The maximum Gasteiger partial charge on any atom is 0.137 e. The van der Waals surface area contributed by atoms with E-state index in [4.69, 9.17) is 4.74 Å². The summed E-state index contributed by atoms with van der Waals surface area (Å²) in [5.41, 5.74) is 2.08. The van der Waals surface area contributed by atoms with Crippen molar-refractivity contribution in [1.82, 2.24) is 14.9 Å². The van der Waals surface area contributed by atoms with Gasteiger partial charge in [-0.15, -0.1) is 0 Å². The van der Waals surface area contributed by atoms with Gasteiger partial charge in [0.05, 0.1) is 29.9 Å². The molecule has 1 aromatic carbocycles. The topological polar surface area (TPSA) is 74.1 Å². The van der Waals surface area contributed by atoms with E-state index in [2.05, 4.69) is 40.1 Å². The smallest absolute Gasteiger partial charge is 0.137 e. The van der Waals surface area contributed by atoms with Crippen molar-refractivity contribution in [3.63, 3.8) is 0 Å². The van der Waals surface area contributed by atoms with E-state index in [1.54, 1.807) is 6.33 Å². The summed E-state index contributed by atoms with van der Waals surface area (Å²) in [6.07, 6.45) is 8.57. The molecule has 2 unspecified atom stereocenters. The zero-order valence-electron chi connectivity index (χ0n) is 18.0. The zero-order valence-corrected chi connectivity index (χ0v) is 18.0. The summed E-state index contributed by atoms with van der Waals surface area (Å²) >= 11 is 0. The third-order valence-electron chi connectivity index (χ3n) is 7.90. The highest BCUT2D eigenvalue weighted by molar-refractivity contribution is 5.89. The zero-order chi connectivity index (χ0) is 20.7. The van der Waals surface area contributed by atoms with Crippen molar-refractivity contribution in [3.8, 4) is 6.07 Å². The first-order valence-corrected chi connectivity index (χ1v) is 11.4. The maximum atomic E-state index is 9.20. The van der Waals surface area contributed by atoms with Crippen molar-refractivity contribution in [2.75, 3.05) is 25.0 Å². The summed E-state index contributed by atoms with van der Waals surface area (Å²) < 4.78 is 5.83. The Bertz CT molecular complexity index is 962. The van der Waals surface area contributed by atoms with E-state index in [1.807, 2.05) is 18.2 Å². The second kappa shape index (κ2) is 7.79. The van der Waals surface area contributed by atoms with Crippen LogP contribution in [0.4, 0.5) is 5.82 Å². The molecule has 0 bridgehead atoms. The normalized spacial score (nSPS) is 34.0. The number of ether oxygens (including phenoxy) is 1. The van der Waals surface area contributed by atoms with Crippen LogP contribution in [0.1, 0.15) is 51.5 Å².